The highest BCUT2D eigenvalue weighted by Crippen LogP contribution is 2.34. The SMILES string of the molecule is CC(C)(C)C1CC(=O)N(C(=O)CCCCBr)C1. The largest absolute Gasteiger partial charge is 0.282 e. The molecule has 17 heavy (non-hydrogen) atoms. The summed E-state index contributed by atoms with van der Waals surface area (Å²) < 4.78 is 0. The molecule has 0 spiro atoms. The molecule has 4 heteroatoms. The van der Waals surface area contributed by atoms with Crippen LogP contribution in [0.15, 0.2) is 0 Å². The number of carbonyl (C=O) groups is 2. The van der Waals surface area contributed by atoms with Gasteiger partial charge in [-0.3, -0.25) is 14.5 Å². The Kier molecular flexibility index (Phi) is 5.17. The van der Waals surface area contributed by atoms with Crippen LogP contribution in [0.3, 0.4) is 0 Å². The van der Waals surface area contributed by atoms with Crippen LogP contribution in [0.4, 0.5) is 0 Å². The van der Waals surface area contributed by atoms with Crippen molar-refractivity contribution in [2.75, 3.05) is 11.9 Å². The fourth-order valence-electron chi connectivity index (χ4n) is 2.03. The topological polar surface area (TPSA) is 37.4 Å². The molecule has 0 aliphatic carbocycles. The molecular formula is C13H22BrNO2. The predicted octanol–water partition coefficient (Wildman–Crippen LogP) is 2.97. The number of amides is 2. The summed E-state index contributed by atoms with van der Waals surface area (Å²) in [4.78, 5) is 25.2. The quantitative estimate of drug-likeness (QED) is 0.591. The van der Waals surface area contributed by atoms with E-state index in [1.54, 1.807) is 0 Å². The number of likely N-dealkylation sites (tertiary alicyclic amines) is 1. The molecule has 1 fully saturated rings. The molecule has 1 unspecified atom stereocenters. The Hall–Kier alpha value is -0.380. The lowest BCUT2D eigenvalue weighted by molar-refractivity contribution is -0.141. The van der Waals surface area contributed by atoms with Crippen molar-refractivity contribution in [1.29, 1.82) is 0 Å². The van der Waals surface area contributed by atoms with E-state index in [2.05, 4.69) is 36.7 Å². The highest BCUT2D eigenvalue weighted by Gasteiger charge is 2.39. The zero-order chi connectivity index (χ0) is 13.1. The molecule has 0 N–H and O–H groups in total. The highest BCUT2D eigenvalue weighted by atomic mass is 79.9. The molecule has 1 heterocycles. The van der Waals surface area contributed by atoms with Crippen LogP contribution in [0, 0.1) is 11.3 Å². The summed E-state index contributed by atoms with van der Waals surface area (Å²) >= 11 is 3.34. The number of imide groups is 1. The molecule has 1 atom stereocenters. The zero-order valence-electron chi connectivity index (χ0n) is 11.0. The number of alkyl halides is 1. The van der Waals surface area contributed by atoms with Crippen LogP contribution in [-0.2, 0) is 9.59 Å². The van der Waals surface area contributed by atoms with E-state index < -0.39 is 0 Å². The molecule has 0 bridgehead atoms. The van der Waals surface area contributed by atoms with Gasteiger partial charge in [0, 0.05) is 24.7 Å². The molecule has 1 aliphatic rings. The third-order valence-corrected chi connectivity index (χ3v) is 3.99. The van der Waals surface area contributed by atoms with E-state index in [1.165, 1.54) is 4.90 Å². The van der Waals surface area contributed by atoms with E-state index in [4.69, 9.17) is 0 Å². The van der Waals surface area contributed by atoms with E-state index in [-0.39, 0.29) is 17.2 Å². The monoisotopic (exact) mass is 303 g/mol. The maximum Gasteiger partial charge on any atom is 0.229 e. The maximum absolute atomic E-state index is 11.9. The fourth-order valence-corrected chi connectivity index (χ4v) is 2.43. The Balaban J connectivity index is 2.50. The minimum absolute atomic E-state index is 0.00250. The second-order valence-electron chi connectivity index (χ2n) is 5.81. The summed E-state index contributed by atoms with van der Waals surface area (Å²) in [7, 11) is 0. The van der Waals surface area contributed by atoms with Crippen LogP contribution >= 0.6 is 15.9 Å². The average Bonchev–Trinajstić information content (AvgIpc) is 2.60. The highest BCUT2D eigenvalue weighted by molar-refractivity contribution is 9.09. The first-order chi connectivity index (χ1) is 7.86. The summed E-state index contributed by atoms with van der Waals surface area (Å²) in [6.45, 7) is 6.99. The Labute approximate surface area is 112 Å². The Morgan fingerprint density at radius 3 is 2.53 bits per heavy atom. The van der Waals surface area contributed by atoms with Crippen LogP contribution in [0.25, 0.3) is 0 Å². The molecule has 1 saturated heterocycles. The zero-order valence-corrected chi connectivity index (χ0v) is 12.5. The van der Waals surface area contributed by atoms with Crippen molar-refractivity contribution in [1.82, 2.24) is 4.90 Å². The molecule has 2 amide bonds. The minimum Gasteiger partial charge on any atom is -0.282 e. The van der Waals surface area contributed by atoms with Crippen LogP contribution in [0.5, 0.6) is 0 Å². The van der Waals surface area contributed by atoms with Gasteiger partial charge in [-0.05, 0) is 24.2 Å². The second kappa shape index (κ2) is 5.98. The van der Waals surface area contributed by atoms with Gasteiger partial charge in [-0.2, -0.15) is 0 Å². The lowest BCUT2D eigenvalue weighted by atomic mass is 9.80. The summed E-state index contributed by atoms with van der Waals surface area (Å²) in [5.74, 6) is 0.312. The number of nitrogens with zero attached hydrogens (tertiary/aromatic N) is 1. The van der Waals surface area contributed by atoms with Gasteiger partial charge in [0.1, 0.15) is 0 Å². The van der Waals surface area contributed by atoms with E-state index >= 15 is 0 Å². The van der Waals surface area contributed by atoms with Gasteiger partial charge < -0.3 is 0 Å². The number of hydrogen-bond acceptors (Lipinski definition) is 2. The molecule has 0 saturated carbocycles. The van der Waals surface area contributed by atoms with E-state index in [0.717, 1.165) is 18.2 Å². The van der Waals surface area contributed by atoms with Gasteiger partial charge in [0.2, 0.25) is 11.8 Å². The van der Waals surface area contributed by atoms with Crippen molar-refractivity contribution in [2.45, 2.75) is 46.5 Å². The molecule has 1 aliphatic heterocycles. The number of halogens is 1. The van der Waals surface area contributed by atoms with E-state index in [9.17, 15) is 9.59 Å². The van der Waals surface area contributed by atoms with Gasteiger partial charge in [-0.1, -0.05) is 36.7 Å². The molecular weight excluding hydrogens is 282 g/mol. The van der Waals surface area contributed by atoms with Gasteiger partial charge in [0.05, 0.1) is 0 Å². The Bertz CT molecular complexity index is 296. The van der Waals surface area contributed by atoms with Crippen molar-refractivity contribution >= 4 is 27.7 Å². The average molecular weight is 304 g/mol. The van der Waals surface area contributed by atoms with Gasteiger partial charge in [-0.25, -0.2) is 0 Å². The molecule has 1 rings (SSSR count). The third-order valence-electron chi connectivity index (χ3n) is 3.43. The number of unbranched alkanes of at least 4 members (excludes halogenated alkanes) is 1. The van der Waals surface area contributed by atoms with Gasteiger partial charge in [0.25, 0.3) is 0 Å². The minimum atomic E-state index is 0.00250. The third kappa shape index (κ3) is 4.09. The first-order valence-electron chi connectivity index (χ1n) is 6.25. The van der Waals surface area contributed by atoms with Crippen LogP contribution in [0.1, 0.15) is 46.5 Å². The normalized spacial score (nSPS) is 21.1. The molecule has 0 radical (unpaired) electrons. The Morgan fingerprint density at radius 2 is 2.06 bits per heavy atom. The van der Waals surface area contributed by atoms with Crippen molar-refractivity contribution in [3.8, 4) is 0 Å². The fraction of sp³-hybridized carbons (Fsp3) is 0.846. The summed E-state index contributed by atoms with van der Waals surface area (Å²) in [5.41, 5.74) is 0.0978. The number of hydrogen-bond donors (Lipinski definition) is 0. The van der Waals surface area contributed by atoms with Crippen LogP contribution in [0.2, 0.25) is 0 Å². The standard InChI is InChI=1S/C13H22BrNO2/c1-13(2,3)10-8-12(17)15(9-10)11(16)6-4-5-7-14/h10H,4-9H2,1-3H3. The smallest absolute Gasteiger partial charge is 0.229 e. The van der Waals surface area contributed by atoms with Crippen LogP contribution in [-0.4, -0.2) is 28.6 Å². The van der Waals surface area contributed by atoms with Crippen LogP contribution < -0.4 is 0 Å². The van der Waals surface area contributed by atoms with E-state index in [1.807, 2.05) is 0 Å². The summed E-state index contributed by atoms with van der Waals surface area (Å²) in [5, 5.41) is 0.916. The van der Waals surface area contributed by atoms with Crippen molar-refractivity contribution in [3.63, 3.8) is 0 Å². The van der Waals surface area contributed by atoms with Crippen molar-refractivity contribution in [2.24, 2.45) is 11.3 Å². The second-order valence-corrected chi connectivity index (χ2v) is 6.60. The molecule has 0 aromatic rings. The van der Waals surface area contributed by atoms with Gasteiger partial charge in [0.15, 0.2) is 0 Å². The first kappa shape index (κ1) is 14.7. The molecule has 0 aromatic heterocycles. The predicted molar refractivity (Wildman–Crippen MR) is 71.9 cm³/mol. The molecule has 3 nitrogen and oxygen atoms in total. The van der Waals surface area contributed by atoms with Gasteiger partial charge in [-0.15, -0.1) is 0 Å². The van der Waals surface area contributed by atoms with Crippen molar-refractivity contribution in [3.05, 3.63) is 0 Å². The number of rotatable bonds is 4. The lowest BCUT2D eigenvalue weighted by Crippen LogP contribution is -2.33. The maximum atomic E-state index is 11.9. The van der Waals surface area contributed by atoms with Crippen molar-refractivity contribution < 1.29 is 9.59 Å². The summed E-state index contributed by atoms with van der Waals surface area (Å²) in [6, 6.07) is 0. The molecule has 0 aromatic carbocycles. The van der Waals surface area contributed by atoms with E-state index in [0.29, 0.717) is 25.3 Å². The summed E-state index contributed by atoms with van der Waals surface area (Å²) in [6.07, 6.45) is 2.85. The number of carbonyl (C=O) groups excluding carboxylic acids is 2. The molecule has 98 valence electrons. The lowest BCUT2D eigenvalue weighted by Gasteiger charge is -2.26. The first-order valence-corrected chi connectivity index (χ1v) is 7.37. The Morgan fingerprint density at radius 1 is 1.41 bits per heavy atom. The van der Waals surface area contributed by atoms with Gasteiger partial charge >= 0.3 is 0 Å².